The molecule has 2 aliphatic rings. The van der Waals surface area contributed by atoms with E-state index in [-0.39, 0.29) is 29.4 Å². The molecule has 2 heterocycles. The number of nitrogens with one attached hydrogen (secondary N) is 1. The third kappa shape index (κ3) is 4.26. The minimum absolute atomic E-state index is 0. The molecule has 3 rings (SSSR count). The highest BCUT2D eigenvalue weighted by atomic mass is 127. The third-order valence-corrected chi connectivity index (χ3v) is 3.72. The van der Waals surface area contributed by atoms with Crippen molar-refractivity contribution in [1.82, 2.24) is 20.1 Å². The number of aromatic nitrogens is 3. The van der Waals surface area contributed by atoms with Gasteiger partial charge in [-0.3, -0.25) is 0 Å². The molecular weight excluding hydrogens is 381 g/mol. The predicted molar refractivity (Wildman–Crippen MR) is 92.4 cm³/mol. The summed E-state index contributed by atoms with van der Waals surface area (Å²) in [5.74, 6) is 0.579. The lowest BCUT2D eigenvalue weighted by molar-refractivity contribution is 0.0491. The lowest BCUT2D eigenvalue weighted by Gasteiger charge is -2.38. The normalized spacial score (nSPS) is 23.6. The number of morpholine rings is 1. The number of aromatic amines is 1. The van der Waals surface area contributed by atoms with Crippen molar-refractivity contribution in [3.8, 4) is 0 Å². The number of nitrogens with zero attached hydrogens (tertiary/aromatic N) is 4. The second kappa shape index (κ2) is 6.87. The minimum Gasteiger partial charge on any atom is -0.378 e. The van der Waals surface area contributed by atoms with Crippen LogP contribution in [0, 0.1) is 5.41 Å². The topological polar surface area (TPSA) is 66.4 Å². The molecule has 21 heavy (non-hydrogen) atoms. The van der Waals surface area contributed by atoms with E-state index >= 15 is 0 Å². The van der Waals surface area contributed by atoms with Gasteiger partial charge in [0.25, 0.3) is 0 Å². The molecule has 0 atom stereocenters. The van der Waals surface area contributed by atoms with Crippen LogP contribution in [-0.4, -0.2) is 52.1 Å². The Balaban J connectivity index is 0.00000161. The van der Waals surface area contributed by atoms with Crippen molar-refractivity contribution in [2.45, 2.75) is 26.7 Å². The largest absolute Gasteiger partial charge is 0.378 e. The van der Waals surface area contributed by atoms with Crippen molar-refractivity contribution in [2.75, 3.05) is 26.3 Å². The van der Waals surface area contributed by atoms with Crippen LogP contribution in [0.4, 0.5) is 5.95 Å². The maximum atomic E-state index is 5.43. The van der Waals surface area contributed by atoms with E-state index in [2.05, 4.69) is 45.0 Å². The Morgan fingerprint density at radius 1 is 1.29 bits per heavy atom. The van der Waals surface area contributed by atoms with Crippen molar-refractivity contribution in [2.24, 2.45) is 10.4 Å². The number of H-pyrrole nitrogens is 1. The van der Waals surface area contributed by atoms with Crippen LogP contribution < -0.4 is 0 Å². The molecule has 1 aliphatic carbocycles. The van der Waals surface area contributed by atoms with Crippen LogP contribution in [0.2, 0.25) is 0 Å². The molecule has 0 radical (unpaired) electrons. The molecule has 6 nitrogen and oxygen atoms in total. The summed E-state index contributed by atoms with van der Waals surface area (Å²) >= 11 is 0. The van der Waals surface area contributed by atoms with Crippen LogP contribution in [0.3, 0.4) is 0 Å². The van der Waals surface area contributed by atoms with Crippen LogP contribution in [0.1, 0.15) is 26.7 Å². The van der Waals surface area contributed by atoms with E-state index in [1.165, 1.54) is 12.0 Å². The second-order valence-corrected chi connectivity index (χ2v) is 6.17. The summed E-state index contributed by atoms with van der Waals surface area (Å²) in [5.41, 5.74) is 2.66. The molecule has 1 aromatic rings. The monoisotopic (exact) mass is 403 g/mol. The van der Waals surface area contributed by atoms with Gasteiger partial charge in [-0.15, -0.1) is 24.0 Å². The third-order valence-electron chi connectivity index (χ3n) is 3.72. The molecule has 0 aromatic carbocycles. The highest BCUT2D eigenvalue weighted by molar-refractivity contribution is 14.0. The standard InChI is InChI=1S/C14H21N5O.HI/c1-14(2)8-11(17-13-15-10-16-18-13)7-12(9-14)19-3-5-20-6-4-19;/h7,10H,3-6,8-9H2,1-2H3,(H,15,16,18);1H. The molecule has 1 aliphatic heterocycles. The van der Waals surface area contributed by atoms with Gasteiger partial charge in [0.1, 0.15) is 6.33 Å². The molecule has 1 fully saturated rings. The SMILES string of the molecule is CC1(C)CC(N2CCOCC2)=CC(=Nc2ncn[nH]2)C1.I. The highest BCUT2D eigenvalue weighted by Crippen LogP contribution is 2.36. The lowest BCUT2D eigenvalue weighted by Crippen LogP contribution is -2.39. The number of ether oxygens (including phenoxy) is 1. The molecule has 0 unspecified atom stereocenters. The summed E-state index contributed by atoms with van der Waals surface area (Å²) in [5, 5.41) is 6.64. The van der Waals surface area contributed by atoms with Gasteiger partial charge in [-0.05, 0) is 24.3 Å². The Labute approximate surface area is 142 Å². The van der Waals surface area contributed by atoms with Crippen LogP contribution >= 0.6 is 24.0 Å². The van der Waals surface area contributed by atoms with Crippen LogP contribution in [0.15, 0.2) is 23.1 Å². The fraction of sp³-hybridized carbons (Fsp3) is 0.643. The average Bonchev–Trinajstić information content (AvgIpc) is 2.91. The van der Waals surface area contributed by atoms with Gasteiger partial charge in [-0.1, -0.05) is 13.8 Å². The Hall–Kier alpha value is -0.960. The van der Waals surface area contributed by atoms with E-state index in [0.717, 1.165) is 44.9 Å². The summed E-state index contributed by atoms with van der Waals surface area (Å²) in [6.07, 6.45) is 5.74. The zero-order chi connectivity index (χ0) is 14.0. The van der Waals surface area contributed by atoms with E-state index in [9.17, 15) is 0 Å². The van der Waals surface area contributed by atoms with Gasteiger partial charge in [0, 0.05) is 24.5 Å². The van der Waals surface area contributed by atoms with E-state index in [0.29, 0.717) is 5.95 Å². The summed E-state index contributed by atoms with van der Waals surface area (Å²) in [4.78, 5) is 11.1. The van der Waals surface area contributed by atoms with E-state index in [4.69, 9.17) is 4.74 Å². The fourth-order valence-electron chi connectivity index (χ4n) is 2.85. The molecular formula is C14H22IN5O. The van der Waals surface area contributed by atoms with Crippen molar-refractivity contribution in [3.05, 3.63) is 18.1 Å². The minimum atomic E-state index is 0. The van der Waals surface area contributed by atoms with Crippen molar-refractivity contribution < 1.29 is 4.74 Å². The fourth-order valence-corrected chi connectivity index (χ4v) is 2.85. The molecule has 1 N–H and O–H groups in total. The van der Waals surface area contributed by atoms with Crippen molar-refractivity contribution in [1.29, 1.82) is 0 Å². The van der Waals surface area contributed by atoms with Crippen molar-refractivity contribution in [3.63, 3.8) is 0 Å². The molecule has 1 aromatic heterocycles. The van der Waals surface area contributed by atoms with Gasteiger partial charge in [0.15, 0.2) is 0 Å². The number of rotatable bonds is 2. The molecule has 116 valence electrons. The predicted octanol–water partition coefficient (Wildman–Crippen LogP) is 2.53. The summed E-state index contributed by atoms with van der Waals surface area (Å²) in [7, 11) is 0. The van der Waals surface area contributed by atoms with Crippen LogP contribution in [0.25, 0.3) is 0 Å². The maximum absolute atomic E-state index is 5.43. The van der Waals surface area contributed by atoms with E-state index < -0.39 is 0 Å². The Morgan fingerprint density at radius 3 is 2.71 bits per heavy atom. The molecule has 7 heteroatoms. The van der Waals surface area contributed by atoms with Gasteiger partial charge in [0.2, 0.25) is 5.95 Å². The summed E-state index contributed by atoms with van der Waals surface area (Å²) in [6, 6.07) is 0. The zero-order valence-electron chi connectivity index (χ0n) is 12.5. The van der Waals surface area contributed by atoms with Gasteiger partial charge in [-0.2, -0.15) is 10.1 Å². The van der Waals surface area contributed by atoms with Gasteiger partial charge in [-0.25, -0.2) is 10.1 Å². The van der Waals surface area contributed by atoms with E-state index in [1.807, 2.05) is 0 Å². The Bertz CT molecular complexity index is 517. The Kier molecular flexibility index (Phi) is 5.37. The quantitative estimate of drug-likeness (QED) is 0.771. The van der Waals surface area contributed by atoms with Gasteiger partial charge < -0.3 is 9.64 Å². The van der Waals surface area contributed by atoms with Crippen LogP contribution in [-0.2, 0) is 4.74 Å². The van der Waals surface area contributed by atoms with Gasteiger partial charge >= 0.3 is 0 Å². The average molecular weight is 403 g/mol. The molecule has 0 saturated carbocycles. The lowest BCUT2D eigenvalue weighted by atomic mass is 9.78. The molecule has 1 saturated heterocycles. The first-order valence-corrected chi connectivity index (χ1v) is 7.09. The summed E-state index contributed by atoms with van der Waals surface area (Å²) in [6.45, 7) is 8.14. The first-order chi connectivity index (χ1) is 9.62. The summed E-state index contributed by atoms with van der Waals surface area (Å²) < 4.78 is 5.43. The zero-order valence-corrected chi connectivity index (χ0v) is 14.8. The number of halogens is 1. The smallest absolute Gasteiger partial charge is 0.245 e. The Morgan fingerprint density at radius 2 is 2.05 bits per heavy atom. The first kappa shape index (κ1) is 16.4. The van der Waals surface area contributed by atoms with Crippen molar-refractivity contribution >= 4 is 35.6 Å². The second-order valence-electron chi connectivity index (χ2n) is 6.17. The number of aliphatic imine (C=N–C) groups is 1. The number of allylic oxidation sites excluding steroid dienone is 2. The van der Waals surface area contributed by atoms with Crippen LogP contribution in [0.5, 0.6) is 0 Å². The molecule has 0 amide bonds. The molecule has 0 spiro atoms. The number of hydrogen-bond donors (Lipinski definition) is 1. The van der Waals surface area contributed by atoms with E-state index in [1.54, 1.807) is 0 Å². The number of hydrogen-bond acceptors (Lipinski definition) is 5. The van der Waals surface area contributed by atoms with Gasteiger partial charge in [0.05, 0.1) is 13.2 Å². The maximum Gasteiger partial charge on any atom is 0.245 e. The highest BCUT2D eigenvalue weighted by Gasteiger charge is 2.29. The molecule has 0 bridgehead atoms. The first-order valence-electron chi connectivity index (χ1n) is 7.09.